The Morgan fingerprint density at radius 2 is 2.00 bits per heavy atom. The molecule has 0 bridgehead atoms. The maximum atomic E-state index is 13.8. The van der Waals surface area contributed by atoms with Gasteiger partial charge in [-0.25, -0.2) is 22.2 Å². The number of sulfonamides is 1. The summed E-state index contributed by atoms with van der Waals surface area (Å²) in [5.41, 5.74) is 2.68. The topological polar surface area (TPSA) is 88.2 Å². The van der Waals surface area contributed by atoms with E-state index in [1.807, 2.05) is 0 Å². The van der Waals surface area contributed by atoms with Crippen LogP contribution in [0.3, 0.4) is 0 Å². The standard InChI is InChI=1S/C22H19F2N3O3S/c1-31(29,30)27-18-4-2-3-14(8-18)16-9-19-20(12-26-22(19)25-11-16)21(28)15-5-13(10-23)6-17(24)7-15/h2-9,11,20,27H,10,12H2,1H3,(H,25,26). The molecule has 0 radical (unpaired) electrons. The minimum absolute atomic E-state index is 0.108. The first-order valence-corrected chi connectivity index (χ1v) is 11.3. The Morgan fingerprint density at radius 3 is 2.74 bits per heavy atom. The van der Waals surface area contributed by atoms with Crippen molar-refractivity contribution in [2.45, 2.75) is 12.6 Å². The molecule has 1 aliphatic rings. The van der Waals surface area contributed by atoms with Crippen LogP contribution in [0.2, 0.25) is 0 Å². The molecule has 0 amide bonds. The van der Waals surface area contributed by atoms with Crippen molar-refractivity contribution >= 4 is 27.3 Å². The van der Waals surface area contributed by atoms with E-state index < -0.39 is 28.4 Å². The Kier molecular flexibility index (Phi) is 5.45. The van der Waals surface area contributed by atoms with E-state index in [4.69, 9.17) is 0 Å². The number of nitrogens with one attached hydrogen (secondary N) is 2. The van der Waals surface area contributed by atoms with Gasteiger partial charge in [-0.05, 0) is 47.5 Å². The summed E-state index contributed by atoms with van der Waals surface area (Å²) in [6.07, 6.45) is 2.70. The lowest BCUT2D eigenvalue weighted by atomic mass is 9.91. The Labute approximate surface area is 178 Å². The van der Waals surface area contributed by atoms with Crippen LogP contribution in [-0.2, 0) is 16.7 Å². The van der Waals surface area contributed by atoms with Crippen LogP contribution in [0.5, 0.6) is 0 Å². The van der Waals surface area contributed by atoms with Crippen LogP contribution in [0.15, 0.2) is 54.7 Å². The van der Waals surface area contributed by atoms with Crippen molar-refractivity contribution in [3.8, 4) is 11.1 Å². The summed E-state index contributed by atoms with van der Waals surface area (Å²) in [5, 5.41) is 3.07. The third-order valence-corrected chi connectivity index (χ3v) is 5.58. The Morgan fingerprint density at radius 1 is 1.19 bits per heavy atom. The molecular formula is C22H19F2N3O3S. The third-order valence-electron chi connectivity index (χ3n) is 4.98. The summed E-state index contributed by atoms with van der Waals surface area (Å²) in [6.45, 7) is -0.567. The number of aromatic nitrogens is 1. The van der Waals surface area contributed by atoms with Crippen LogP contribution in [-0.4, -0.2) is 32.0 Å². The fourth-order valence-corrected chi connectivity index (χ4v) is 4.20. The van der Waals surface area contributed by atoms with Gasteiger partial charge in [0.2, 0.25) is 10.0 Å². The van der Waals surface area contributed by atoms with Crippen molar-refractivity contribution < 1.29 is 22.0 Å². The highest BCUT2D eigenvalue weighted by molar-refractivity contribution is 7.92. The third kappa shape index (κ3) is 4.56. The van der Waals surface area contributed by atoms with E-state index in [1.54, 1.807) is 36.5 Å². The number of carbonyl (C=O) groups is 1. The molecule has 160 valence electrons. The second-order valence-corrected chi connectivity index (χ2v) is 9.14. The molecule has 3 aromatic rings. The molecule has 9 heteroatoms. The summed E-state index contributed by atoms with van der Waals surface area (Å²) in [5.74, 6) is -1.04. The van der Waals surface area contributed by atoms with Gasteiger partial charge in [0.25, 0.3) is 0 Å². The van der Waals surface area contributed by atoms with Crippen molar-refractivity contribution in [1.82, 2.24) is 4.98 Å². The molecule has 31 heavy (non-hydrogen) atoms. The highest BCUT2D eigenvalue weighted by Gasteiger charge is 2.31. The van der Waals surface area contributed by atoms with E-state index >= 15 is 0 Å². The predicted molar refractivity (Wildman–Crippen MR) is 115 cm³/mol. The molecule has 0 spiro atoms. The zero-order valence-electron chi connectivity index (χ0n) is 16.5. The molecule has 0 aliphatic carbocycles. The number of halogens is 2. The number of benzene rings is 2. The van der Waals surface area contributed by atoms with E-state index in [9.17, 15) is 22.0 Å². The van der Waals surface area contributed by atoms with Crippen LogP contribution < -0.4 is 10.0 Å². The summed E-state index contributed by atoms with van der Waals surface area (Å²) >= 11 is 0. The lowest BCUT2D eigenvalue weighted by Gasteiger charge is -2.12. The molecule has 1 atom stereocenters. The van der Waals surface area contributed by atoms with E-state index in [-0.39, 0.29) is 16.9 Å². The maximum absolute atomic E-state index is 13.8. The van der Waals surface area contributed by atoms with Gasteiger partial charge in [-0.1, -0.05) is 12.1 Å². The maximum Gasteiger partial charge on any atom is 0.229 e. The smallest absolute Gasteiger partial charge is 0.229 e. The van der Waals surface area contributed by atoms with Crippen LogP contribution in [0.25, 0.3) is 11.1 Å². The molecule has 1 aromatic heterocycles. The van der Waals surface area contributed by atoms with E-state index in [2.05, 4.69) is 15.0 Å². The number of alkyl halides is 1. The van der Waals surface area contributed by atoms with Crippen molar-refractivity contribution in [3.05, 3.63) is 77.2 Å². The van der Waals surface area contributed by atoms with Gasteiger partial charge in [-0.3, -0.25) is 9.52 Å². The van der Waals surface area contributed by atoms with Crippen molar-refractivity contribution in [2.24, 2.45) is 0 Å². The van der Waals surface area contributed by atoms with E-state index in [0.717, 1.165) is 18.4 Å². The minimum Gasteiger partial charge on any atom is -0.369 e. The van der Waals surface area contributed by atoms with Crippen LogP contribution in [0.4, 0.5) is 20.3 Å². The number of Topliss-reactive ketones (excluding diaryl/α,β-unsaturated/α-hetero) is 1. The normalized spacial score (nSPS) is 15.3. The molecule has 0 fully saturated rings. The zero-order chi connectivity index (χ0) is 22.2. The van der Waals surface area contributed by atoms with Gasteiger partial charge in [0.05, 0.1) is 12.2 Å². The number of carbonyl (C=O) groups excluding carboxylic acids is 1. The molecule has 4 rings (SSSR count). The Bertz CT molecular complexity index is 1280. The number of ketones is 1. The minimum atomic E-state index is -3.42. The summed E-state index contributed by atoms with van der Waals surface area (Å²) < 4.78 is 52.2. The second kappa shape index (κ2) is 8.07. The van der Waals surface area contributed by atoms with E-state index in [0.29, 0.717) is 34.7 Å². The molecule has 1 unspecified atom stereocenters. The fraction of sp³-hybridized carbons (Fsp3) is 0.182. The lowest BCUT2D eigenvalue weighted by molar-refractivity contribution is 0.0966. The molecule has 1 aliphatic heterocycles. The number of pyridine rings is 1. The number of nitrogens with zero attached hydrogens (tertiary/aromatic N) is 1. The van der Waals surface area contributed by atoms with Crippen LogP contribution in [0.1, 0.15) is 27.4 Å². The average Bonchev–Trinajstić information content (AvgIpc) is 3.15. The summed E-state index contributed by atoms with van der Waals surface area (Å²) in [6, 6.07) is 12.2. The monoisotopic (exact) mass is 443 g/mol. The molecule has 6 nitrogen and oxygen atoms in total. The first-order chi connectivity index (χ1) is 14.7. The van der Waals surface area contributed by atoms with Gasteiger partial charge in [0.1, 0.15) is 18.3 Å². The summed E-state index contributed by atoms with van der Waals surface area (Å²) in [7, 11) is -3.42. The first kappa shape index (κ1) is 20.9. The van der Waals surface area contributed by atoms with Gasteiger partial charge >= 0.3 is 0 Å². The molecule has 0 saturated carbocycles. The summed E-state index contributed by atoms with van der Waals surface area (Å²) in [4.78, 5) is 17.4. The highest BCUT2D eigenvalue weighted by atomic mass is 32.2. The van der Waals surface area contributed by atoms with Gasteiger partial charge in [0, 0.05) is 35.1 Å². The zero-order valence-corrected chi connectivity index (χ0v) is 17.3. The molecule has 2 N–H and O–H groups in total. The number of hydrogen-bond acceptors (Lipinski definition) is 5. The molecular weight excluding hydrogens is 424 g/mol. The van der Waals surface area contributed by atoms with Gasteiger partial charge in [0.15, 0.2) is 5.78 Å². The number of hydrogen-bond donors (Lipinski definition) is 2. The quantitative estimate of drug-likeness (QED) is 0.560. The number of anilines is 2. The highest BCUT2D eigenvalue weighted by Crippen LogP contribution is 2.36. The van der Waals surface area contributed by atoms with E-state index in [1.165, 1.54) is 6.07 Å². The predicted octanol–water partition coefficient (Wildman–Crippen LogP) is 4.12. The molecule has 2 aromatic carbocycles. The van der Waals surface area contributed by atoms with Crippen LogP contribution >= 0.6 is 0 Å². The van der Waals surface area contributed by atoms with Gasteiger partial charge in [-0.15, -0.1) is 0 Å². The molecule has 2 heterocycles. The second-order valence-electron chi connectivity index (χ2n) is 7.40. The molecule has 0 saturated heterocycles. The average molecular weight is 443 g/mol. The van der Waals surface area contributed by atoms with Gasteiger partial charge in [-0.2, -0.15) is 0 Å². The van der Waals surface area contributed by atoms with Crippen molar-refractivity contribution in [3.63, 3.8) is 0 Å². The van der Waals surface area contributed by atoms with Crippen molar-refractivity contribution in [1.29, 1.82) is 0 Å². The first-order valence-electron chi connectivity index (χ1n) is 9.45. The Hall–Kier alpha value is -3.33. The fourth-order valence-electron chi connectivity index (χ4n) is 3.64. The number of rotatable bonds is 6. The van der Waals surface area contributed by atoms with Gasteiger partial charge < -0.3 is 5.32 Å². The van der Waals surface area contributed by atoms with Crippen LogP contribution in [0, 0.1) is 5.82 Å². The largest absolute Gasteiger partial charge is 0.369 e. The Balaban J connectivity index is 1.68. The number of fused-ring (bicyclic) bond motifs is 1. The lowest BCUT2D eigenvalue weighted by Crippen LogP contribution is -2.15. The SMILES string of the molecule is CS(=O)(=O)Nc1cccc(-c2cnc3c(c2)C(C(=O)c2cc(F)cc(CF)c2)CN3)c1. The van der Waals surface area contributed by atoms with Crippen molar-refractivity contribution in [2.75, 3.05) is 22.8 Å².